The quantitative estimate of drug-likeness (QED) is 0.639. The van der Waals surface area contributed by atoms with Crippen molar-refractivity contribution in [2.45, 2.75) is 53.2 Å². The molecule has 1 heterocycles. The summed E-state index contributed by atoms with van der Waals surface area (Å²) in [4.78, 5) is 8.32. The lowest BCUT2D eigenvalue weighted by molar-refractivity contribution is -0.315. The average molecular weight is 195 g/mol. The molecule has 4 heteroatoms. The molecule has 0 aliphatic carbocycles. The van der Waals surface area contributed by atoms with Gasteiger partial charge in [0, 0.05) is 13.8 Å². The molecule has 3 nitrogen and oxygen atoms in total. The van der Waals surface area contributed by atoms with E-state index in [9.17, 15) is 0 Å². The van der Waals surface area contributed by atoms with E-state index in [1.54, 1.807) is 0 Å². The fourth-order valence-electron chi connectivity index (χ4n) is 2.52. The van der Waals surface area contributed by atoms with E-state index in [2.05, 4.69) is 31.0 Å². The molecule has 0 amide bonds. The van der Waals surface area contributed by atoms with Crippen LogP contribution in [0.25, 0.3) is 0 Å². The molecule has 1 aliphatic heterocycles. The zero-order chi connectivity index (χ0) is 10.6. The van der Waals surface area contributed by atoms with Crippen molar-refractivity contribution in [1.82, 2.24) is 5.32 Å². The Morgan fingerprint density at radius 3 is 2.21 bits per heavy atom. The molecule has 0 atom stereocenters. The van der Waals surface area contributed by atoms with Crippen molar-refractivity contribution in [3.8, 4) is 0 Å². The lowest BCUT2D eigenvalue weighted by Crippen LogP contribution is -2.94. The highest BCUT2D eigenvalue weighted by molar-refractivity contribution is 6.71. The number of hydrogen-bond donors (Lipinski definition) is 2. The SMILES string of the molecule is CCC[B-]1(CCC)N=C(C)NC(C)=[NH+]1. The molecule has 1 rings (SSSR count). The van der Waals surface area contributed by atoms with Crippen molar-refractivity contribution in [3.63, 3.8) is 0 Å². The van der Waals surface area contributed by atoms with Crippen molar-refractivity contribution in [1.29, 1.82) is 0 Å². The lowest BCUT2D eigenvalue weighted by atomic mass is 9.42. The minimum Gasteiger partial charge on any atom is -0.453 e. The number of rotatable bonds is 4. The van der Waals surface area contributed by atoms with Gasteiger partial charge in [-0.3, -0.25) is 0 Å². The predicted octanol–water partition coefficient (Wildman–Crippen LogP) is 0.769. The van der Waals surface area contributed by atoms with E-state index in [0.29, 0.717) is 0 Å². The van der Waals surface area contributed by atoms with Crippen LogP contribution < -0.4 is 10.2 Å². The maximum absolute atomic E-state index is 4.78. The molecule has 14 heavy (non-hydrogen) atoms. The third-order valence-electron chi connectivity index (χ3n) is 2.83. The van der Waals surface area contributed by atoms with Crippen LogP contribution in [0.1, 0.15) is 40.5 Å². The van der Waals surface area contributed by atoms with E-state index in [1.165, 1.54) is 25.5 Å². The van der Waals surface area contributed by atoms with Gasteiger partial charge < -0.3 is 9.81 Å². The van der Waals surface area contributed by atoms with Gasteiger partial charge in [0.25, 0.3) is 6.42 Å². The molecular weight excluding hydrogens is 173 g/mol. The van der Waals surface area contributed by atoms with Crippen LogP contribution in [0.15, 0.2) is 4.90 Å². The minimum atomic E-state index is -0.728. The molecule has 0 saturated carbocycles. The Labute approximate surface area is 87.1 Å². The van der Waals surface area contributed by atoms with E-state index in [4.69, 9.17) is 4.90 Å². The molecule has 0 bridgehead atoms. The van der Waals surface area contributed by atoms with Crippen LogP contribution in [0.5, 0.6) is 0 Å². The van der Waals surface area contributed by atoms with Crippen LogP contribution in [-0.2, 0) is 0 Å². The Hall–Kier alpha value is -0.795. The topological polar surface area (TPSA) is 38.4 Å². The highest BCUT2D eigenvalue weighted by atomic mass is 15.1. The van der Waals surface area contributed by atoms with Gasteiger partial charge in [0.1, 0.15) is 5.84 Å². The van der Waals surface area contributed by atoms with Gasteiger partial charge in [0.2, 0.25) is 0 Å². The van der Waals surface area contributed by atoms with Gasteiger partial charge in [0.15, 0.2) is 5.84 Å². The number of amidine groups is 2. The van der Waals surface area contributed by atoms with Crippen LogP contribution in [0, 0.1) is 0 Å². The smallest absolute Gasteiger partial charge is 0.295 e. The summed E-state index contributed by atoms with van der Waals surface area (Å²) in [6, 6.07) is 0. The first-order valence-electron chi connectivity index (χ1n) is 5.75. The fourth-order valence-corrected chi connectivity index (χ4v) is 2.52. The number of hydrogen-bond acceptors (Lipinski definition) is 2. The first-order valence-corrected chi connectivity index (χ1v) is 5.75. The zero-order valence-electron chi connectivity index (χ0n) is 9.85. The molecule has 0 aromatic rings. The Balaban J connectivity index is 2.88. The average Bonchev–Trinajstić information content (AvgIpc) is 2.02. The second kappa shape index (κ2) is 4.62. The van der Waals surface area contributed by atoms with Crippen LogP contribution in [0.2, 0.25) is 12.6 Å². The molecule has 0 unspecified atom stereocenters. The maximum atomic E-state index is 4.78. The summed E-state index contributed by atoms with van der Waals surface area (Å²) in [7, 11) is 0. The molecule has 0 spiro atoms. The van der Waals surface area contributed by atoms with Gasteiger partial charge in [-0.25, -0.2) is 5.32 Å². The van der Waals surface area contributed by atoms with Crippen molar-refractivity contribution in [2.75, 3.05) is 0 Å². The molecule has 1 aliphatic rings. The van der Waals surface area contributed by atoms with Crippen LogP contribution in [0.3, 0.4) is 0 Å². The summed E-state index contributed by atoms with van der Waals surface area (Å²) in [5.41, 5.74) is 0. The largest absolute Gasteiger partial charge is 0.453 e. The Morgan fingerprint density at radius 2 is 1.79 bits per heavy atom. The van der Waals surface area contributed by atoms with Crippen molar-refractivity contribution >= 4 is 18.1 Å². The van der Waals surface area contributed by atoms with Crippen molar-refractivity contribution in [3.05, 3.63) is 0 Å². The molecule has 80 valence electrons. The molecule has 0 radical (unpaired) electrons. The number of nitrogens with one attached hydrogen (secondary N) is 2. The third-order valence-corrected chi connectivity index (χ3v) is 2.83. The van der Waals surface area contributed by atoms with Gasteiger partial charge in [-0.1, -0.05) is 26.7 Å². The molecule has 0 fully saturated rings. The second-order valence-corrected chi connectivity index (χ2v) is 4.38. The van der Waals surface area contributed by atoms with Gasteiger partial charge >= 0.3 is 0 Å². The standard InChI is InChI=1S/C10H22BN3/c1-5-7-11(8-6-2)13-9(3)12-10(4)14-11/h13H,5-8H2,1-4H3,(H,12,14). The normalized spacial score (nSPS) is 19.7. The van der Waals surface area contributed by atoms with E-state index in [0.717, 1.165) is 11.7 Å². The summed E-state index contributed by atoms with van der Waals surface area (Å²) in [5, 5.41) is 3.22. The van der Waals surface area contributed by atoms with Gasteiger partial charge in [-0.2, -0.15) is 0 Å². The van der Waals surface area contributed by atoms with Gasteiger partial charge in [0.05, 0.1) is 0 Å². The third kappa shape index (κ3) is 2.60. The summed E-state index contributed by atoms with van der Waals surface area (Å²) >= 11 is 0. The zero-order valence-corrected chi connectivity index (χ0v) is 9.85. The van der Waals surface area contributed by atoms with Crippen LogP contribution in [-0.4, -0.2) is 18.1 Å². The highest BCUT2D eigenvalue weighted by Gasteiger charge is 2.29. The van der Waals surface area contributed by atoms with Crippen molar-refractivity contribution < 1.29 is 4.90 Å². The summed E-state index contributed by atoms with van der Waals surface area (Å²) < 4.78 is 0. The molecule has 0 aromatic heterocycles. The molecular formula is C10H22BN3. The van der Waals surface area contributed by atoms with Gasteiger partial charge in [-0.15, -0.1) is 12.6 Å². The molecule has 0 aromatic carbocycles. The highest BCUT2D eigenvalue weighted by Crippen LogP contribution is 2.14. The van der Waals surface area contributed by atoms with E-state index >= 15 is 0 Å². The minimum absolute atomic E-state index is 0.728. The molecule has 0 saturated heterocycles. The first kappa shape index (κ1) is 11.3. The van der Waals surface area contributed by atoms with Crippen molar-refractivity contribution in [2.24, 2.45) is 4.90 Å². The van der Waals surface area contributed by atoms with E-state index < -0.39 is 6.42 Å². The van der Waals surface area contributed by atoms with E-state index in [1.807, 2.05) is 6.92 Å². The summed E-state index contributed by atoms with van der Waals surface area (Å²) in [6.45, 7) is 8.58. The summed E-state index contributed by atoms with van der Waals surface area (Å²) in [5.74, 6) is 2.21. The van der Waals surface area contributed by atoms with Crippen LogP contribution in [0.4, 0.5) is 0 Å². The van der Waals surface area contributed by atoms with Gasteiger partial charge in [-0.05, 0) is 0 Å². The maximum Gasteiger partial charge on any atom is 0.295 e. The Bertz CT molecular complexity index is 232. The Kier molecular flexibility index (Phi) is 3.73. The predicted molar refractivity (Wildman–Crippen MR) is 63.8 cm³/mol. The second-order valence-electron chi connectivity index (χ2n) is 4.38. The lowest BCUT2D eigenvalue weighted by Gasteiger charge is -2.32. The van der Waals surface area contributed by atoms with E-state index in [-0.39, 0.29) is 0 Å². The fraction of sp³-hybridized carbons (Fsp3) is 0.800. The Morgan fingerprint density at radius 1 is 1.21 bits per heavy atom. The molecule has 2 N–H and O–H groups in total. The number of nitrogens with zero attached hydrogens (tertiary/aromatic N) is 1. The monoisotopic (exact) mass is 195 g/mol. The first-order chi connectivity index (χ1) is 6.62. The summed E-state index contributed by atoms with van der Waals surface area (Å²) in [6.07, 6.45) is 4.00. The van der Waals surface area contributed by atoms with Crippen LogP contribution >= 0.6 is 0 Å².